The number of rotatable bonds is 6. The quantitative estimate of drug-likeness (QED) is 0.541. The van der Waals surface area contributed by atoms with Gasteiger partial charge < -0.3 is 34.6 Å². The average Bonchev–Trinajstić information content (AvgIpc) is 3.14. The Bertz CT molecular complexity index is 905. The second-order valence-electron chi connectivity index (χ2n) is 7.72. The zero-order chi connectivity index (χ0) is 21.5. The van der Waals surface area contributed by atoms with E-state index in [1.807, 2.05) is 31.2 Å². The van der Waals surface area contributed by atoms with Crippen molar-refractivity contribution in [3.8, 4) is 5.75 Å². The molecule has 30 heavy (non-hydrogen) atoms. The van der Waals surface area contributed by atoms with Crippen molar-refractivity contribution in [3.63, 3.8) is 0 Å². The summed E-state index contributed by atoms with van der Waals surface area (Å²) in [6.45, 7) is 1.78. The monoisotopic (exact) mass is 436 g/mol. The number of hydrogen-bond donors (Lipinski definition) is 4. The summed E-state index contributed by atoms with van der Waals surface area (Å²) in [6.07, 6.45) is -4.06. The van der Waals surface area contributed by atoms with Crippen LogP contribution in [0.2, 0.25) is 5.02 Å². The van der Waals surface area contributed by atoms with Crippen LogP contribution in [0, 0.1) is 0 Å². The summed E-state index contributed by atoms with van der Waals surface area (Å²) in [5.41, 5.74) is 0.719. The number of hydrogen-bond acceptors (Lipinski definition) is 7. The van der Waals surface area contributed by atoms with Gasteiger partial charge in [-0.1, -0.05) is 29.8 Å². The smallest absolute Gasteiger partial charge is 0.225 e. The minimum Gasteiger partial charge on any atom is -0.494 e. The lowest BCUT2D eigenvalue weighted by Crippen LogP contribution is -2.65. The molecule has 0 saturated carbocycles. The third-order valence-corrected chi connectivity index (χ3v) is 6.17. The van der Waals surface area contributed by atoms with Gasteiger partial charge in [-0.3, -0.25) is 0 Å². The van der Waals surface area contributed by atoms with Crippen LogP contribution in [0.25, 0.3) is 0 Å². The van der Waals surface area contributed by atoms with E-state index in [4.69, 9.17) is 25.8 Å². The van der Waals surface area contributed by atoms with E-state index in [1.165, 1.54) is 0 Å². The van der Waals surface area contributed by atoms with Crippen LogP contribution in [-0.4, -0.2) is 64.2 Å². The Hall–Kier alpha value is -1.71. The second kappa shape index (κ2) is 8.09. The van der Waals surface area contributed by atoms with E-state index < -0.39 is 36.3 Å². The van der Waals surface area contributed by atoms with E-state index in [-0.39, 0.29) is 6.61 Å². The maximum Gasteiger partial charge on any atom is 0.225 e. The number of halogens is 1. The molecule has 0 amide bonds. The van der Waals surface area contributed by atoms with Gasteiger partial charge in [-0.25, -0.2) is 0 Å². The molecule has 2 fully saturated rings. The van der Waals surface area contributed by atoms with Crippen LogP contribution in [0.5, 0.6) is 5.75 Å². The number of aliphatic hydroxyl groups excluding tert-OH is 4. The molecule has 5 atom stereocenters. The van der Waals surface area contributed by atoms with Crippen LogP contribution >= 0.6 is 11.6 Å². The van der Waals surface area contributed by atoms with Gasteiger partial charge >= 0.3 is 0 Å². The zero-order valence-electron chi connectivity index (χ0n) is 16.5. The van der Waals surface area contributed by atoms with E-state index in [0.29, 0.717) is 23.6 Å². The Labute approximate surface area is 179 Å². The first-order chi connectivity index (χ1) is 14.3. The summed E-state index contributed by atoms with van der Waals surface area (Å²) in [4.78, 5) is 0. The lowest BCUT2D eigenvalue weighted by molar-refractivity contribution is -0.329. The zero-order valence-corrected chi connectivity index (χ0v) is 17.2. The first-order valence-corrected chi connectivity index (χ1v) is 10.2. The third kappa shape index (κ3) is 3.40. The molecule has 0 aliphatic carbocycles. The number of aliphatic hydroxyl groups is 4. The van der Waals surface area contributed by atoms with Gasteiger partial charge in [0, 0.05) is 10.6 Å². The van der Waals surface area contributed by atoms with Crippen molar-refractivity contribution < 1.29 is 34.6 Å². The van der Waals surface area contributed by atoms with Crippen LogP contribution < -0.4 is 4.74 Å². The fourth-order valence-electron chi connectivity index (χ4n) is 4.09. The Kier molecular flexibility index (Phi) is 5.80. The Morgan fingerprint density at radius 1 is 1.10 bits per heavy atom. The highest BCUT2D eigenvalue weighted by atomic mass is 35.5. The molecule has 7 nitrogen and oxygen atoms in total. The van der Waals surface area contributed by atoms with Crippen molar-refractivity contribution >= 4 is 11.6 Å². The molecule has 2 heterocycles. The number of ether oxygens (including phenoxy) is 3. The molecule has 0 aromatic heterocycles. The molecule has 0 radical (unpaired) electrons. The van der Waals surface area contributed by atoms with Crippen molar-refractivity contribution in [3.05, 3.63) is 64.2 Å². The van der Waals surface area contributed by atoms with Crippen LogP contribution in [-0.2, 0) is 21.7 Å². The molecule has 0 spiro atoms. The maximum absolute atomic E-state index is 10.7. The van der Waals surface area contributed by atoms with Gasteiger partial charge in [-0.05, 0) is 48.7 Å². The minimum absolute atomic E-state index is 0.171. The Morgan fingerprint density at radius 3 is 2.50 bits per heavy atom. The Balaban J connectivity index is 1.66. The van der Waals surface area contributed by atoms with E-state index in [9.17, 15) is 20.4 Å². The molecule has 4 rings (SSSR count). The van der Waals surface area contributed by atoms with Crippen molar-refractivity contribution in [1.82, 2.24) is 0 Å². The van der Waals surface area contributed by atoms with Crippen LogP contribution in [0.1, 0.15) is 23.6 Å². The normalized spacial score (nSPS) is 32.9. The highest BCUT2D eigenvalue weighted by Gasteiger charge is 2.67. The van der Waals surface area contributed by atoms with Crippen molar-refractivity contribution in [2.24, 2.45) is 0 Å². The molecule has 2 bridgehead atoms. The van der Waals surface area contributed by atoms with Gasteiger partial charge in [0.15, 0.2) is 0 Å². The van der Waals surface area contributed by atoms with E-state index in [0.717, 1.165) is 16.9 Å². The van der Waals surface area contributed by atoms with Crippen LogP contribution in [0.4, 0.5) is 0 Å². The van der Waals surface area contributed by atoms with Gasteiger partial charge in [0.25, 0.3) is 0 Å². The van der Waals surface area contributed by atoms with Gasteiger partial charge in [0.1, 0.15) is 29.7 Å². The van der Waals surface area contributed by atoms with Gasteiger partial charge in [0.05, 0.1) is 19.8 Å². The molecule has 162 valence electrons. The number of benzene rings is 2. The molecule has 2 aliphatic heterocycles. The third-order valence-electron chi connectivity index (χ3n) is 5.81. The van der Waals surface area contributed by atoms with Crippen molar-refractivity contribution in [1.29, 1.82) is 0 Å². The SMILES string of the molecule is CCOc1ccc(Cc2cc([C@]34OC[C@](CO)(O3)C(O)C(O)[C@H]4O)ccc2Cl)cc1. The molecule has 2 saturated heterocycles. The molecule has 4 N–H and O–H groups in total. The van der Waals surface area contributed by atoms with Crippen molar-refractivity contribution in [2.45, 2.75) is 43.0 Å². The first-order valence-electron chi connectivity index (χ1n) is 9.85. The van der Waals surface area contributed by atoms with Crippen molar-refractivity contribution in [2.75, 3.05) is 19.8 Å². The molecular weight excluding hydrogens is 412 g/mol. The van der Waals surface area contributed by atoms with Gasteiger partial charge in [-0.15, -0.1) is 0 Å². The highest BCUT2D eigenvalue weighted by Crippen LogP contribution is 2.49. The summed E-state index contributed by atoms with van der Waals surface area (Å²) in [5.74, 6) is -0.925. The Morgan fingerprint density at radius 2 is 1.83 bits per heavy atom. The lowest BCUT2D eigenvalue weighted by atomic mass is 9.83. The molecular formula is C22H25ClO7. The predicted octanol–water partition coefficient (Wildman–Crippen LogP) is 1.36. The topological polar surface area (TPSA) is 109 Å². The van der Waals surface area contributed by atoms with Crippen LogP contribution in [0.15, 0.2) is 42.5 Å². The molecule has 2 aliphatic rings. The molecule has 2 unspecified atom stereocenters. The fraction of sp³-hybridized carbons (Fsp3) is 0.455. The summed E-state index contributed by atoms with van der Waals surface area (Å²) >= 11 is 6.41. The van der Waals surface area contributed by atoms with E-state index >= 15 is 0 Å². The second-order valence-corrected chi connectivity index (χ2v) is 8.13. The highest BCUT2D eigenvalue weighted by molar-refractivity contribution is 6.31. The maximum atomic E-state index is 10.7. The lowest BCUT2D eigenvalue weighted by Gasteiger charge is -2.46. The summed E-state index contributed by atoms with van der Waals surface area (Å²) in [6, 6.07) is 12.7. The van der Waals surface area contributed by atoms with E-state index in [2.05, 4.69) is 0 Å². The van der Waals surface area contributed by atoms with Gasteiger partial charge in [-0.2, -0.15) is 0 Å². The molecule has 2 aromatic carbocycles. The predicted molar refractivity (Wildman–Crippen MR) is 108 cm³/mol. The minimum atomic E-state index is -1.71. The summed E-state index contributed by atoms with van der Waals surface area (Å²) in [7, 11) is 0. The fourth-order valence-corrected chi connectivity index (χ4v) is 4.28. The summed E-state index contributed by atoms with van der Waals surface area (Å²) in [5, 5.41) is 41.7. The largest absolute Gasteiger partial charge is 0.494 e. The van der Waals surface area contributed by atoms with E-state index in [1.54, 1.807) is 18.2 Å². The standard InChI is InChI=1S/C22H25ClO7/c1-2-28-16-6-3-13(4-7-16)9-14-10-15(5-8-17(14)23)22-20(27)18(25)19(26)21(11-24,30-22)12-29-22/h3-8,10,18-20,24-27H,2,9,11-12H2,1H3/t18?,19?,20-,21+,22+/m1/s1. The first kappa shape index (κ1) is 21.5. The van der Waals surface area contributed by atoms with Gasteiger partial charge in [0.2, 0.25) is 5.79 Å². The molecule has 8 heteroatoms. The average molecular weight is 437 g/mol. The summed E-state index contributed by atoms with van der Waals surface area (Å²) < 4.78 is 17.1. The molecule has 2 aromatic rings. The number of fused-ring (bicyclic) bond motifs is 2. The van der Waals surface area contributed by atoms with Crippen LogP contribution in [0.3, 0.4) is 0 Å².